The first-order chi connectivity index (χ1) is 9.49. The summed E-state index contributed by atoms with van der Waals surface area (Å²) in [4.78, 5) is 8.86. The molecule has 0 amide bonds. The Balaban J connectivity index is 1.98. The number of hydrogen-bond acceptors (Lipinski definition) is 4. The quantitative estimate of drug-likeness (QED) is 0.840. The monoisotopic (exact) mass is 289 g/mol. The van der Waals surface area contributed by atoms with E-state index in [1.807, 2.05) is 6.92 Å². The summed E-state index contributed by atoms with van der Waals surface area (Å²) < 4.78 is 40.5. The fourth-order valence-electron chi connectivity index (χ4n) is 2.25. The van der Waals surface area contributed by atoms with Crippen molar-refractivity contribution in [3.63, 3.8) is 0 Å². The number of alkyl halides is 3. The van der Waals surface area contributed by atoms with E-state index in [4.69, 9.17) is 0 Å². The van der Waals surface area contributed by atoms with E-state index in [1.165, 1.54) is 5.56 Å². The van der Waals surface area contributed by atoms with Gasteiger partial charge in [0.15, 0.2) is 0 Å². The lowest BCUT2D eigenvalue weighted by Gasteiger charge is -2.19. The summed E-state index contributed by atoms with van der Waals surface area (Å²) >= 11 is 0. The van der Waals surface area contributed by atoms with Crippen LogP contribution in [0.5, 0.6) is 0 Å². The first-order valence-electron chi connectivity index (χ1n) is 6.72. The van der Waals surface area contributed by atoms with Gasteiger partial charge in [0, 0.05) is 18.7 Å². The van der Waals surface area contributed by atoms with Crippen LogP contribution in [0.4, 0.5) is 13.2 Å². The molecule has 4 nitrogen and oxygen atoms in total. The van der Waals surface area contributed by atoms with Crippen molar-refractivity contribution in [2.45, 2.75) is 38.9 Å². The van der Waals surface area contributed by atoms with Gasteiger partial charge in [-0.3, -0.25) is 0 Å². The molecule has 0 fully saturated rings. The Morgan fingerprint density at radius 3 is 2.80 bits per heavy atom. The van der Waals surface area contributed by atoms with Gasteiger partial charge in [0.1, 0.15) is 12.4 Å². The van der Waals surface area contributed by atoms with E-state index in [0.717, 1.165) is 30.8 Å². The third kappa shape index (κ3) is 4.14. The van der Waals surface area contributed by atoms with Crippen LogP contribution in [0.2, 0.25) is 0 Å². The Morgan fingerprint density at radius 2 is 2.10 bits per heavy atom. The molecular formula is C13H18F3N3O. The minimum atomic E-state index is -4.28. The third-order valence-electron chi connectivity index (χ3n) is 3.14. The van der Waals surface area contributed by atoms with E-state index in [9.17, 15) is 13.2 Å². The molecule has 0 unspecified atom stereocenters. The first-order valence-corrected chi connectivity index (χ1v) is 6.72. The highest BCUT2D eigenvalue weighted by molar-refractivity contribution is 5.28. The summed E-state index contributed by atoms with van der Waals surface area (Å²) in [5.74, 6) is 0.562. The summed E-state index contributed by atoms with van der Waals surface area (Å²) in [7, 11) is 0. The van der Waals surface area contributed by atoms with Gasteiger partial charge in [-0.15, -0.1) is 0 Å². The molecule has 1 aliphatic rings. The van der Waals surface area contributed by atoms with Gasteiger partial charge in [-0.25, -0.2) is 9.97 Å². The molecule has 0 aliphatic carbocycles. The molecule has 0 bridgehead atoms. The highest BCUT2D eigenvalue weighted by Crippen LogP contribution is 2.17. The van der Waals surface area contributed by atoms with Gasteiger partial charge in [-0.1, -0.05) is 6.92 Å². The fourth-order valence-corrected chi connectivity index (χ4v) is 2.25. The predicted molar refractivity (Wildman–Crippen MR) is 67.4 cm³/mol. The lowest BCUT2D eigenvalue weighted by molar-refractivity contribution is -0.173. The van der Waals surface area contributed by atoms with Crippen LogP contribution < -0.4 is 5.32 Å². The van der Waals surface area contributed by atoms with Gasteiger partial charge in [0.2, 0.25) is 0 Å². The summed E-state index contributed by atoms with van der Waals surface area (Å²) in [5.41, 5.74) is 3.16. The number of aromatic nitrogens is 2. The topological polar surface area (TPSA) is 47.0 Å². The standard InChI is InChI=1S/C13H18F3N3O/c1-2-10-9-3-5-17-7-11(9)19-12(18-10)4-6-20-8-13(14,15)16/h17H,2-8H2,1H3. The van der Waals surface area contributed by atoms with Crippen molar-refractivity contribution < 1.29 is 17.9 Å². The van der Waals surface area contributed by atoms with Crippen molar-refractivity contribution >= 4 is 0 Å². The van der Waals surface area contributed by atoms with E-state index < -0.39 is 12.8 Å². The normalized spacial score (nSPS) is 15.2. The van der Waals surface area contributed by atoms with Crippen LogP contribution in [-0.4, -0.2) is 35.9 Å². The molecule has 2 rings (SSSR count). The SMILES string of the molecule is CCc1nc(CCOCC(F)(F)F)nc2c1CCNC2. The number of nitrogens with one attached hydrogen (secondary N) is 1. The number of rotatable bonds is 5. The van der Waals surface area contributed by atoms with Gasteiger partial charge in [0.05, 0.1) is 12.3 Å². The van der Waals surface area contributed by atoms with Crippen LogP contribution in [0.1, 0.15) is 29.7 Å². The van der Waals surface area contributed by atoms with Crippen LogP contribution in [0.15, 0.2) is 0 Å². The lowest BCUT2D eigenvalue weighted by Crippen LogP contribution is -2.27. The largest absolute Gasteiger partial charge is 0.411 e. The molecule has 0 saturated carbocycles. The van der Waals surface area contributed by atoms with Crippen molar-refractivity contribution in [3.8, 4) is 0 Å². The number of hydrogen-bond donors (Lipinski definition) is 1. The summed E-state index contributed by atoms with van der Waals surface area (Å²) in [5, 5.41) is 3.24. The number of aryl methyl sites for hydroxylation is 1. The minimum Gasteiger partial charge on any atom is -0.372 e. The van der Waals surface area contributed by atoms with Crippen LogP contribution in [0.25, 0.3) is 0 Å². The van der Waals surface area contributed by atoms with Gasteiger partial charge < -0.3 is 10.1 Å². The van der Waals surface area contributed by atoms with Crippen LogP contribution in [0, 0.1) is 0 Å². The second-order valence-corrected chi connectivity index (χ2v) is 4.71. The third-order valence-corrected chi connectivity index (χ3v) is 3.14. The van der Waals surface area contributed by atoms with E-state index in [1.54, 1.807) is 0 Å². The summed E-state index contributed by atoms with van der Waals surface area (Å²) in [6.07, 6.45) is -2.27. The molecule has 2 heterocycles. The summed E-state index contributed by atoms with van der Waals surface area (Å²) in [6.45, 7) is 2.39. The first kappa shape index (κ1) is 15.2. The summed E-state index contributed by atoms with van der Waals surface area (Å²) in [6, 6.07) is 0. The van der Waals surface area contributed by atoms with Crippen molar-refractivity contribution in [2.75, 3.05) is 19.8 Å². The van der Waals surface area contributed by atoms with Crippen molar-refractivity contribution in [2.24, 2.45) is 0 Å². The maximum absolute atomic E-state index is 12.0. The average Bonchev–Trinajstić information content (AvgIpc) is 2.41. The molecule has 0 aromatic carbocycles. The number of fused-ring (bicyclic) bond motifs is 1. The molecule has 7 heteroatoms. The Labute approximate surface area is 115 Å². The molecule has 0 spiro atoms. The van der Waals surface area contributed by atoms with E-state index in [2.05, 4.69) is 20.0 Å². The van der Waals surface area contributed by atoms with Gasteiger partial charge in [0.25, 0.3) is 0 Å². The maximum Gasteiger partial charge on any atom is 0.411 e. The average molecular weight is 289 g/mol. The van der Waals surface area contributed by atoms with Gasteiger partial charge in [-0.2, -0.15) is 13.2 Å². The van der Waals surface area contributed by atoms with Crippen LogP contribution in [0.3, 0.4) is 0 Å². The Morgan fingerprint density at radius 1 is 1.30 bits per heavy atom. The van der Waals surface area contributed by atoms with Crippen LogP contribution >= 0.6 is 0 Å². The maximum atomic E-state index is 12.0. The molecule has 0 radical (unpaired) electrons. The number of halogens is 3. The van der Waals surface area contributed by atoms with E-state index in [0.29, 0.717) is 18.8 Å². The molecule has 20 heavy (non-hydrogen) atoms. The smallest absolute Gasteiger partial charge is 0.372 e. The zero-order chi connectivity index (χ0) is 14.6. The molecular weight excluding hydrogens is 271 g/mol. The Hall–Kier alpha value is -1.21. The number of nitrogens with zero attached hydrogens (tertiary/aromatic N) is 2. The molecule has 1 aromatic heterocycles. The zero-order valence-electron chi connectivity index (χ0n) is 11.4. The Bertz CT molecular complexity index is 446. The molecule has 0 atom stereocenters. The molecule has 1 N–H and O–H groups in total. The van der Waals surface area contributed by atoms with Gasteiger partial charge in [-0.05, 0) is 24.9 Å². The van der Waals surface area contributed by atoms with E-state index >= 15 is 0 Å². The molecule has 112 valence electrons. The predicted octanol–water partition coefficient (Wildman–Crippen LogP) is 1.81. The van der Waals surface area contributed by atoms with Crippen molar-refractivity contribution in [1.29, 1.82) is 0 Å². The minimum absolute atomic E-state index is 0.0190. The van der Waals surface area contributed by atoms with Crippen molar-refractivity contribution in [1.82, 2.24) is 15.3 Å². The molecule has 1 aromatic rings. The van der Waals surface area contributed by atoms with Crippen LogP contribution in [-0.2, 0) is 30.5 Å². The fraction of sp³-hybridized carbons (Fsp3) is 0.692. The highest BCUT2D eigenvalue weighted by Gasteiger charge is 2.27. The van der Waals surface area contributed by atoms with E-state index in [-0.39, 0.29) is 6.61 Å². The Kier molecular flexibility index (Phi) is 4.93. The molecule has 1 aliphatic heterocycles. The second-order valence-electron chi connectivity index (χ2n) is 4.71. The molecule has 0 saturated heterocycles. The van der Waals surface area contributed by atoms with Gasteiger partial charge >= 0.3 is 6.18 Å². The number of ether oxygens (including phenoxy) is 1. The zero-order valence-corrected chi connectivity index (χ0v) is 11.4. The second kappa shape index (κ2) is 6.49. The lowest BCUT2D eigenvalue weighted by atomic mass is 10.0. The van der Waals surface area contributed by atoms with Crippen molar-refractivity contribution in [3.05, 3.63) is 22.8 Å². The highest BCUT2D eigenvalue weighted by atomic mass is 19.4.